The number of hydrogen-bond donors (Lipinski definition) is 0. The lowest BCUT2D eigenvalue weighted by molar-refractivity contribution is -0.138. The number of hydrogen-bond acceptors (Lipinski definition) is 5. The molecule has 1 aliphatic carbocycles. The Morgan fingerprint density at radius 1 is 1.19 bits per heavy atom. The minimum absolute atomic E-state index is 0.0772. The number of aromatic nitrogens is 1. The van der Waals surface area contributed by atoms with Crippen molar-refractivity contribution >= 4 is 15.9 Å². The van der Waals surface area contributed by atoms with Gasteiger partial charge >= 0.3 is 0 Å². The van der Waals surface area contributed by atoms with Gasteiger partial charge in [-0.25, -0.2) is 8.42 Å². The number of carbonyl (C=O) groups is 1. The van der Waals surface area contributed by atoms with Crippen LogP contribution >= 0.6 is 0 Å². The predicted octanol–water partition coefficient (Wildman–Crippen LogP) is 2.48. The Balaban J connectivity index is 1.66. The van der Waals surface area contributed by atoms with Crippen molar-refractivity contribution in [1.29, 1.82) is 0 Å². The standard InChI is InChI=1S/C18H29N3O4S/c1-4-21(16-7-5-6-8-16)18(22)15-9-11-20(12-10-15)26(23,24)17-13(2)19-25-14(17)3/h15-16H,4-12H2,1-3H3. The van der Waals surface area contributed by atoms with E-state index >= 15 is 0 Å². The van der Waals surface area contributed by atoms with Gasteiger partial charge in [0.05, 0.1) is 0 Å². The van der Waals surface area contributed by atoms with Gasteiger partial charge in [-0.1, -0.05) is 18.0 Å². The normalized spacial score (nSPS) is 20.6. The maximum atomic E-state index is 12.9. The number of carbonyl (C=O) groups excluding carboxylic acids is 1. The monoisotopic (exact) mass is 383 g/mol. The smallest absolute Gasteiger partial charge is 0.248 e. The van der Waals surface area contributed by atoms with Gasteiger partial charge in [0.1, 0.15) is 10.6 Å². The van der Waals surface area contributed by atoms with E-state index in [1.54, 1.807) is 13.8 Å². The van der Waals surface area contributed by atoms with E-state index in [4.69, 9.17) is 4.52 Å². The zero-order valence-electron chi connectivity index (χ0n) is 15.9. The summed E-state index contributed by atoms with van der Waals surface area (Å²) >= 11 is 0. The van der Waals surface area contributed by atoms with Crippen LogP contribution < -0.4 is 0 Å². The van der Waals surface area contributed by atoms with Crippen LogP contribution in [0.2, 0.25) is 0 Å². The first kappa shape index (κ1) is 19.4. The Kier molecular flexibility index (Phi) is 5.72. The van der Waals surface area contributed by atoms with Gasteiger partial charge in [0.2, 0.25) is 15.9 Å². The highest BCUT2D eigenvalue weighted by Crippen LogP contribution is 2.30. The zero-order valence-corrected chi connectivity index (χ0v) is 16.7. The van der Waals surface area contributed by atoms with Crippen molar-refractivity contribution in [2.45, 2.75) is 70.2 Å². The Labute approximate surface area is 155 Å². The average molecular weight is 384 g/mol. The number of piperidine rings is 1. The SMILES string of the molecule is CCN(C(=O)C1CCN(S(=O)(=O)c2c(C)noc2C)CC1)C1CCCC1. The molecule has 0 bridgehead atoms. The minimum Gasteiger partial charge on any atom is -0.360 e. The second-order valence-electron chi connectivity index (χ2n) is 7.39. The van der Waals surface area contributed by atoms with Crippen LogP contribution in [0.15, 0.2) is 9.42 Å². The Hall–Kier alpha value is -1.41. The summed E-state index contributed by atoms with van der Waals surface area (Å²) in [5, 5.41) is 3.76. The van der Waals surface area contributed by atoms with Gasteiger partial charge in [0, 0.05) is 31.6 Å². The van der Waals surface area contributed by atoms with Gasteiger partial charge in [-0.05, 0) is 46.5 Å². The number of amides is 1. The minimum atomic E-state index is -3.62. The molecule has 3 rings (SSSR count). The number of nitrogens with zero attached hydrogens (tertiary/aromatic N) is 3. The first-order valence-corrected chi connectivity index (χ1v) is 11.0. The fraction of sp³-hybridized carbons (Fsp3) is 0.778. The number of sulfonamides is 1. The third-order valence-corrected chi connectivity index (χ3v) is 7.90. The highest BCUT2D eigenvalue weighted by atomic mass is 32.2. The predicted molar refractivity (Wildman–Crippen MR) is 97.1 cm³/mol. The van der Waals surface area contributed by atoms with E-state index in [1.807, 2.05) is 11.8 Å². The summed E-state index contributed by atoms with van der Waals surface area (Å²) in [7, 11) is -3.62. The van der Waals surface area contributed by atoms with Crippen LogP contribution in [0.5, 0.6) is 0 Å². The first-order valence-electron chi connectivity index (χ1n) is 9.59. The lowest BCUT2D eigenvalue weighted by atomic mass is 9.95. The Morgan fingerprint density at radius 3 is 2.31 bits per heavy atom. The summed E-state index contributed by atoms with van der Waals surface area (Å²) in [5.74, 6) is 0.444. The van der Waals surface area contributed by atoms with Gasteiger partial charge in [0.15, 0.2) is 5.76 Å². The molecule has 2 aliphatic rings. The molecule has 0 atom stereocenters. The van der Waals surface area contributed by atoms with Crippen molar-refractivity contribution in [1.82, 2.24) is 14.4 Å². The lowest BCUT2D eigenvalue weighted by Gasteiger charge is -2.35. The molecule has 0 spiro atoms. The summed E-state index contributed by atoms with van der Waals surface area (Å²) in [4.78, 5) is 15.1. The molecule has 2 heterocycles. The third-order valence-electron chi connectivity index (χ3n) is 5.76. The fourth-order valence-electron chi connectivity index (χ4n) is 4.36. The molecule has 0 radical (unpaired) electrons. The van der Waals surface area contributed by atoms with E-state index in [2.05, 4.69) is 5.16 Å². The van der Waals surface area contributed by atoms with E-state index < -0.39 is 10.0 Å². The number of aryl methyl sites for hydroxylation is 2. The van der Waals surface area contributed by atoms with Gasteiger partial charge < -0.3 is 9.42 Å². The highest BCUT2D eigenvalue weighted by molar-refractivity contribution is 7.89. The van der Waals surface area contributed by atoms with Crippen molar-refractivity contribution in [3.63, 3.8) is 0 Å². The van der Waals surface area contributed by atoms with E-state index in [1.165, 1.54) is 17.1 Å². The molecule has 1 saturated heterocycles. The second-order valence-corrected chi connectivity index (χ2v) is 9.27. The second kappa shape index (κ2) is 7.68. The average Bonchev–Trinajstić information content (AvgIpc) is 3.26. The van der Waals surface area contributed by atoms with Crippen molar-refractivity contribution in [2.24, 2.45) is 5.92 Å². The molecule has 8 heteroatoms. The molecular weight excluding hydrogens is 354 g/mol. The lowest BCUT2D eigenvalue weighted by Crippen LogP contribution is -2.47. The molecule has 7 nitrogen and oxygen atoms in total. The molecule has 0 N–H and O–H groups in total. The third kappa shape index (κ3) is 3.53. The molecule has 1 saturated carbocycles. The van der Waals surface area contributed by atoms with Gasteiger partial charge in [-0.2, -0.15) is 4.31 Å². The summed E-state index contributed by atoms with van der Waals surface area (Å²) in [5.41, 5.74) is 0.388. The van der Waals surface area contributed by atoms with Crippen LogP contribution in [0.3, 0.4) is 0 Å². The molecule has 1 amide bonds. The summed E-state index contributed by atoms with van der Waals surface area (Å²) in [6.07, 6.45) is 5.73. The van der Waals surface area contributed by atoms with Crippen LogP contribution in [0.25, 0.3) is 0 Å². The molecule has 2 fully saturated rings. The maximum absolute atomic E-state index is 12.9. The van der Waals surface area contributed by atoms with E-state index in [0.717, 1.165) is 19.4 Å². The van der Waals surface area contributed by atoms with Crippen molar-refractivity contribution in [2.75, 3.05) is 19.6 Å². The molecule has 1 aliphatic heterocycles. The van der Waals surface area contributed by atoms with Crippen LogP contribution in [0.4, 0.5) is 0 Å². The van der Waals surface area contributed by atoms with Crippen LogP contribution in [0, 0.1) is 19.8 Å². The van der Waals surface area contributed by atoms with Crippen molar-refractivity contribution in [3.05, 3.63) is 11.5 Å². The molecular formula is C18H29N3O4S. The number of rotatable bonds is 5. The molecule has 0 unspecified atom stereocenters. The van der Waals surface area contributed by atoms with Gasteiger partial charge in [0.25, 0.3) is 0 Å². The zero-order chi connectivity index (χ0) is 18.9. The molecule has 146 valence electrons. The largest absolute Gasteiger partial charge is 0.360 e. The van der Waals surface area contributed by atoms with Crippen molar-refractivity contribution in [3.8, 4) is 0 Å². The molecule has 1 aromatic heterocycles. The van der Waals surface area contributed by atoms with Gasteiger partial charge in [-0.15, -0.1) is 0 Å². The molecule has 1 aromatic rings. The van der Waals surface area contributed by atoms with E-state index in [-0.39, 0.29) is 16.7 Å². The maximum Gasteiger partial charge on any atom is 0.248 e. The Morgan fingerprint density at radius 2 is 1.81 bits per heavy atom. The van der Waals surface area contributed by atoms with Gasteiger partial charge in [-0.3, -0.25) is 4.79 Å². The van der Waals surface area contributed by atoms with Crippen LogP contribution in [-0.2, 0) is 14.8 Å². The van der Waals surface area contributed by atoms with Crippen LogP contribution in [-0.4, -0.2) is 54.4 Å². The Bertz CT molecular complexity index is 725. The van der Waals surface area contributed by atoms with E-state index in [0.29, 0.717) is 43.4 Å². The summed E-state index contributed by atoms with van der Waals surface area (Å²) in [6, 6.07) is 0.372. The summed E-state index contributed by atoms with van der Waals surface area (Å²) < 4.78 is 32.3. The van der Waals surface area contributed by atoms with Crippen molar-refractivity contribution < 1.29 is 17.7 Å². The fourth-order valence-corrected chi connectivity index (χ4v) is 6.12. The molecule has 0 aromatic carbocycles. The first-order chi connectivity index (χ1) is 12.4. The van der Waals surface area contributed by atoms with Crippen LogP contribution in [0.1, 0.15) is 56.9 Å². The summed E-state index contributed by atoms with van der Waals surface area (Å²) in [6.45, 7) is 6.76. The van der Waals surface area contributed by atoms with E-state index in [9.17, 15) is 13.2 Å². The highest BCUT2D eigenvalue weighted by Gasteiger charge is 2.37. The topological polar surface area (TPSA) is 83.7 Å². The molecule has 26 heavy (non-hydrogen) atoms. The quantitative estimate of drug-likeness (QED) is 0.780.